The second-order valence-corrected chi connectivity index (χ2v) is 6.38. The molecule has 0 spiro atoms. The standard InChI is InChI=1S/C22H21NO3/c24-22(16-26-20-12-6-10-17-7-4-5-11-19(17)20)23-13-14-25-21(15-23)18-8-2-1-3-9-18/h1-12,21H,13-16H2. The van der Waals surface area contributed by atoms with Crippen LogP contribution in [0.5, 0.6) is 5.75 Å². The van der Waals surface area contributed by atoms with E-state index in [4.69, 9.17) is 9.47 Å². The highest BCUT2D eigenvalue weighted by Gasteiger charge is 2.25. The Kier molecular flexibility index (Phi) is 4.84. The van der Waals surface area contributed by atoms with Crippen LogP contribution >= 0.6 is 0 Å². The normalized spacial score (nSPS) is 17.2. The van der Waals surface area contributed by atoms with Gasteiger partial charge in [-0.25, -0.2) is 0 Å². The van der Waals surface area contributed by atoms with Gasteiger partial charge >= 0.3 is 0 Å². The van der Waals surface area contributed by atoms with Gasteiger partial charge in [-0.3, -0.25) is 4.79 Å². The Bertz CT molecular complexity index is 889. The second kappa shape index (κ2) is 7.58. The highest BCUT2D eigenvalue weighted by molar-refractivity contribution is 5.88. The summed E-state index contributed by atoms with van der Waals surface area (Å²) >= 11 is 0. The third kappa shape index (κ3) is 3.55. The molecule has 0 bridgehead atoms. The second-order valence-electron chi connectivity index (χ2n) is 6.38. The van der Waals surface area contributed by atoms with Crippen molar-refractivity contribution >= 4 is 16.7 Å². The van der Waals surface area contributed by atoms with E-state index in [2.05, 4.69) is 0 Å². The predicted molar refractivity (Wildman–Crippen MR) is 101 cm³/mol. The lowest BCUT2D eigenvalue weighted by Gasteiger charge is -2.33. The van der Waals surface area contributed by atoms with Gasteiger partial charge in [0.2, 0.25) is 0 Å². The molecule has 1 atom stereocenters. The highest BCUT2D eigenvalue weighted by Crippen LogP contribution is 2.26. The van der Waals surface area contributed by atoms with Gasteiger partial charge in [-0.1, -0.05) is 66.7 Å². The summed E-state index contributed by atoms with van der Waals surface area (Å²) in [4.78, 5) is 14.5. The number of carbonyl (C=O) groups is 1. The van der Waals surface area contributed by atoms with Crippen molar-refractivity contribution in [3.63, 3.8) is 0 Å². The zero-order valence-corrected chi connectivity index (χ0v) is 14.5. The molecule has 3 aromatic rings. The van der Waals surface area contributed by atoms with Crippen LogP contribution in [-0.4, -0.2) is 37.1 Å². The van der Waals surface area contributed by atoms with E-state index in [-0.39, 0.29) is 18.6 Å². The van der Waals surface area contributed by atoms with Crippen LogP contribution in [0.25, 0.3) is 10.8 Å². The molecular weight excluding hydrogens is 326 g/mol. The number of rotatable bonds is 4. The number of amides is 1. The zero-order valence-electron chi connectivity index (χ0n) is 14.5. The fourth-order valence-corrected chi connectivity index (χ4v) is 3.30. The summed E-state index contributed by atoms with van der Waals surface area (Å²) in [6.45, 7) is 1.73. The van der Waals surface area contributed by atoms with Crippen molar-refractivity contribution in [2.45, 2.75) is 6.10 Å². The average molecular weight is 347 g/mol. The molecule has 1 amide bonds. The Morgan fingerprint density at radius 3 is 2.65 bits per heavy atom. The largest absolute Gasteiger partial charge is 0.483 e. The fraction of sp³-hybridized carbons (Fsp3) is 0.227. The number of ether oxygens (including phenoxy) is 2. The van der Waals surface area contributed by atoms with E-state index >= 15 is 0 Å². The summed E-state index contributed by atoms with van der Waals surface area (Å²) in [6, 6.07) is 23.9. The monoisotopic (exact) mass is 347 g/mol. The van der Waals surface area contributed by atoms with E-state index in [1.165, 1.54) is 0 Å². The molecule has 0 aliphatic carbocycles. The topological polar surface area (TPSA) is 38.8 Å². The van der Waals surface area contributed by atoms with E-state index < -0.39 is 0 Å². The lowest BCUT2D eigenvalue weighted by molar-refractivity contribution is -0.141. The third-order valence-electron chi connectivity index (χ3n) is 4.69. The molecule has 1 heterocycles. The van der Waals surface area contributed by atoms with E-state index in [0.717, 1.165) is 22.1 Å². The summed E-state index contributed by atoms with van der Waals surface area (Å²) in [7, 11) is 0. The number of fused-ring (bicyclic) bond motifs is 1. The summed E-state index contributed by atoms with van der Waals surface area (Å²) in [6.07, 6.45) is -0.0774. The van der Waals surface area contributed by atoms with Crippen molar-refractivity contribution < 1.29 is 14.3 Å². The first kappa shape index (κ1) is 16.6. The summed E-state index contributed by atoms with van der Waals surface area (Å²) in [5.74, 6) is 0.728. The third-order valence-corrected chi connectivity index (χ3v) is 4.69. The number of hydrogen-bond donors (Lipinski definition) is 0. The Balaban J connectivity index is 1.41. The molecule has 0 saturated carbocycles. The van der Waals surface area contributed by atoms with E-state index in [1.54, 1.807) is 0 Å². The van der Waals surface area contributed by atoms with E-state index in [9.17, 15) is 4.79 Å². The van der Waals surface area contributed by atoms with Crippen molar-refractivity contribution in [2.75, 3.05) is 26.3 Å². The van der Waals surface area contributed by atoms with Gasteiger partial charge in [-0.05, 0) is 17.0 Å². The number of morpholine rings is 1. The Morgan fingerprint density at radius 2 is 1.77 bits per heavy atom. The first-order chi connectivity index (χ1) is 12.8. The van der Waals surface area contributed by atoms with Gasteiger partial charge in [0.1, 0.15) is 11.9 Å². The molecule has 1 unspecified atom stereocenters. The van der Waals surface area contributed by atoms with Crippen molar-refractivity contribution in [3.05, 3.63) is 78.4 Å². The van der Waals surface area contributed by atoms with Crippen LogP contribution in [0.1, 0.15) is 11.7 Å². The zero-order chi connectivity index (χ0) is 17.8. The molecule has 26 heavy (non-hydrogen) atoms. The lowest BCUT2D eigenvalue weighted by atomic mass is 10.1. The van der Waals surface area contributed by atoms with Gasteiger partial charge in [-0.15, -0.1) is 0 Å². The molecular formula is C22H21NO3. The first-order valence-corrected chi connectivity index (χ1v) is 8.86. The van der Waals surface area contributed by atoms with Crippen molar-refractivity contribution in [3.8, 4) is 5.75 Å². The van der Waals surface area contributed by atoms with Crippen LogP contribution in [0, 0.1) is 0 Å². The molecule has 3 aromatic carbocycles. The SMILES string of the molecule is O=C(COc1cccc2ccccc12)N1CCOC(c2ccccc2)C1. The van der Waals surface area contributed by atoms with Crippen LogP contribution in [0.3, 0.4) is 0 Å². The number of carbonyl (C=O) groups excluding carboxylic acids is 1. The minimum atomic E-state index is -0.0774. The smallest absolute Gasteiger partial charge is 0.260 e. The van der Waals surface area contributed by atoms with Gasteiger partial charge in [0.05, 0.1) is 13.2 Å². The fourth-order valence-electron chi connectivity index (χ4n) is 3.30. The molecule has 0 aromatic heterocycles. The molecule has 0 N–H and O–H groups in total. The van der Waals surface area contributed by atoms with E-state index in [1.807, 2.05) is 77.7 Å². The molecule has 4 rings (SSSR count). The first-order valence-electron chi connectivity index (χ1n) is 8.86. The summed E-state index contributed by atoms with van der Waals surface area (Å²) in [5, 5.41) is 2.12. The molecule has 4 nitrogen and oxygen atoms in total. The minimum absolute atomic E-state index is 0.0119. The molecule has 132 valence electrons. The number of hydrogen-bond acceptors (Lipinski definition) is 3. The van der Waals surface area contributed by atoms with Gasteiger partial charge in [-0.2, -0.15) is 0 Å². The van der Waals surface area contributed by atoms with Crippen molar-refractivity contribution in [1.29, 1.82) is 0 Å². The Labute approximate surface area is 153 Å². The highest BCUT2D eigenvalue weighted by atomic mass is 16.5. The molecule has 1 aliphatic heterocycles. The number of nitrogens with zero attached hydrogens (tertiary/aromatic N) is 1. The van der Waals surface area contributed by atoms with Crippen LogP contribution in [0.2, 0.25) is 0 Å². The summed E-state index contributed by atoms with van der Waals surface area (Å²) < 4.78 is 11.7. The van der Waals surface area contributed by atoms with Gasteiger partial charge < -0.3 is 14.4 Å². The van der Waals surface area contributed by atoms with Crippen molar-refractivity contribution in [1.82, 2.24) is 4.90 Å². The quantitative estimate of drug-likeness (QED) is 0.720. The van der Waals surface area contributed by atoms with E-state index in [0.29, 0.717) is 19.7 Å². The van der Waals surface area contributed by atoms with Crippen LogP contribution in [-0.2, 0) is 9.53 Å². The molecule has 4 heteroatoms. The molecule has 1 aliphatic rings. The maximum absolute atomic E-state index is 12.6. The molecule has 1 fully saturated rings. The Hall–Kier alpha value is -2.85. The molecule has 0 radical (unpaired) electrons. The van der Waals surface area contributed by atoms with Crippen LogP contribution in [0.15, 0.2) is 72.8 Å². The molecule has 1 saturated heterocycles. The van der Waals surface area contributed by atoms with Gasteiger partial charge in [0.25, 0.3) is 5.91 Å². The maximum Gasteiger partial charge on any atom is 0.260 e. The van der Waals surface area contributed by atoms with Crippen molar-refractivity contribution in [2.24, 2.45) is 0 Å². The van der Waals surface area contributed by atoms with Crippen LogP contribution in [0.4, 0.5) is 0 Å². The summed E-state index contributed by atoms with van der Waals surface area (Å²) in [5.41, 5.74) is 1.10. The average Bonchev–Trinajstić information content (AvgIpc) is 2.72. The predicted octanol–water partition coefficient (Wildman–Crippen LogP) is 3.82. The number of benzene rings is 3. The van der Waals surface area contributed by atoms with Crippen LogP contribution < -0.4 is 4.74 Å². The van der Waals surface area contributed by atoms with Gasteiger partial charge in [0.15, 0.2) is 6.61 Å². The maximum atomic E-state index is 12.6. The van der Waals surface area contributed by atoms with Gasteiger partial charge in [0, 0.05) is 11.9 Å². The lowest BCUT2D eigenvalue weighted by Crippen LogP contribution is -2.44. The Morgan fingerprint density at radius 1 is 1.00 bits per heavy atom. The minimum Gasteiger partial charge on any atom is -0.483 e.